The highest BCUT2D eigenvalue weighted by Gasteiger charge is 2.64. The molecule has 0 aromatic heterocycles. The van der Waals surface area contributed by atoms with Crippen LogP contribution in [-0.2, 0) is 47.6 Å². The average molecular weight is 481 g/mol. The van der Waals surface area contributed by atoms with Crippen molar-refractivity contribution in [3.8, 4) is 0 Å². The zero-order valence-electron chi connectivity index (χ0n) is 20.2. The smallest absolute Gasteiger partial charge is 0.336 e. The lowest BCUT2D eigenvalue weighted by Gasteiger charge is -2.44. The molecule has 1 unspecified atom stereocenters. The number of hydrogen-bond acceptors (Lipinski definition) is 10. The van der Waals surface area contributed by atoms with E-state index in [0.717, 1.165) is 12.8 Å². The fraction of sp³-hybridized carbons (Fsp3) is 0.750. The molecule has 0 N–H and O–H groups in total. The number of esters is 4. The van der Waals surface area contributed by atoms with Crippen LogP contribution < -0.4 is 0 Å². The topological polar surface area (TPSA) is 124 Å². The minimum Gasteiger partial charge on any atom is -0.459 e. The van der Waals surface area contributed by atoms with Crippen LogP contribution in [0.25, 0.3) is 0 Å². The minimum absolute atomic E-state index is 0.0105. The zero-order chi connectivity index (χ0) is 24.8. The first kappa shape index (κ1) is 24.7. The highest BCUT2D eigenvalue weighted by atomic mass is 16.8. The maximum atomic E-state index is 12.8. The molecule has 0 spiro atoms. The number of ether oxygens (including phenoxy) is 6. The van der Waals surface area contributed by atoms with E-state index < -0.39 is 60.3 Å². The summed E-state index contributed by atoms with van der Waals surface area (Å²) < 4.78 is 33.4. The van der Waals surface area contributed by atoms with Gasteiger partial charge in [-0.15, -0.1) is 0 Å². The highest BCUT2D eigenvalue weighted by molar-refractivity contribution is 5.91. The molecule has 10 nitrogen and oxygen atoms in total. The summed E-state index contributed by atoms with van der Waals surface area (Å²) in [7, 11) is 0. The Morgan fingerprint density at radius 3 is 2.32 bits per heavy atom. The van der Waals surface area contributed by atoms with E-state index in [2.05, 4.69) is 13.8 Å². The van der Waals surface area contributed by atoms with Crippen molar-refractivity contribution >= 4 is 23.9 Å². The quantitative estimate of drug-likeness (QED) is 0.329. The Bertz CT molecular complexity index is 907. The third-order valence-corrected chi connectivity index (χ3v) is 6.95. The molecule has 0 amide bonds. The van der Waals surface area contributed by atoms with E-state index in [1.54, 1.807) is 6.08 Å². The minimum atomic E-state index is -1.15. The Balaban J connectivity index is 1.62. The molecule has 4 aliphatic rings. The molecule has 0 aromatic rings. The van der Waals surface area contributed by atoms with E-state index in [1.807, 2.05) is 0 Å². The van der Waals surface area contributed by atoms with Gasteiger partial charge in [0.05, 0.1) is 11.8 Å². The van der Waals surface area contributed by atoms with Crippen LogP contribution in [0, 0.1) is 17.3 Å². The molecule has 0 aromatic carbocycles. The first-order chi connectivity index (χ1) is 15.9. The molecule has 1 saturated carbocycles. The second-order valence-electron chi connectivity index (χ2n) is 10.4. The van der Waals surface area contributed by atoms with Gasteiger partial charge in [-0.3, -0.25) is 14.4 Å². The summed E-state index contributed by atoms with van der Waals surface area (Å²) in [6.45, 7) is 8.13. The highest BCUT2D eigenvalue weighted by Crippen LogP contribution is 2.52. The molecule has 3 saturated heterocycles. The van der Waals surface area contributed by atoms with Gasteiger partial charge in [0.25, 0.3) is 0 Å². The number of rotatable bonds is 5. The van der Waals surface area contributed by atoms with Gasteiger partial charge in [0.15, 0.2) is 12.4 Å². The molecule has 4 rings (SSSR count). The Hall–Kier alpha value is -2.46. The summed E-state index contributed by atoms with van der Waals surface area (Å²) in [6, 6.07) is 0. The number of carbonyl (C=O) groups excluding carboxylic acids is 4. The van der Waals surface area contributed by atoms with Crippen molar-refractivity contribution in [3.05, 3.63) is 11.6 Å². The lowest BCUT2D eigenvalue weighted by atomic mass is 9.68. The summed E-state index contributed by atoms with van der Waals surface area (Å²) >= 11 is 0. The first-order valence-electron chi connectivity index (χ1n) is 11.7. The summed E-state index contributed by atoms with van der Waals surface area (Å²) in [4.78, 5) is 48.0. The fourth-order valence-corrected chi connectivity index (χ4v) is 5.94. The van der Waals surface area contributed by atoms with Crippen LogP contribution >= 0.6 is 0 Å². The molecule has 7 atom stereocenters. The van der Waals surface area contributed by atoms with Crippen LogP contribution in [0.15, 0.2) is 11.6 Å². The number of hydrogen-bond donors (Lipinski definition) is 0. The Morgan fingerprint density at radius 1 is 1.00 bits per heavy atom. The Morgan fingerprint density at radius 2 is 1.71 bits per heavy atom. The van der Waals surface area contributed by atoms with Crippen molar-refractivity contribution in [2.45, 2.75) is 97.3 Å². The molecule has 0 radical (unpaired) electrons. The Labute approximate surface area is 198 Å². The fourth-order valence-electron chi connectivity index (χ4n) is 5.94. The lowest BCUT2D eigenvalue weighted by molar-refractivity contribution is -0.244. The van der Waals surface area contributed by atoms with Gasteiger partial charge in [-0.1, -0.05) is 19.9 Å². The number of carbonyl (C=O) groups is 4. The van der Waals surface area contributed by atoms with E-state index in [4.69, 9.17) is 28.4 Å². The standard InChI is InChI=1S/C24H32O10/c1-12(25)29-18-17-16-15(7-10-24(34-14(3)27)9-6-8-23(4,5)11-24)19(28)31-20(16)32-21(17)33-22(18)30-13(2)26/h7,16-18,20-22H,6,8-11H2,1-5H3/b15-7-/t16-,17-,18-,20+,21+,22-,24?/m0/s1. The molecular formula is C24H32O10. The molecule has 1 aliphatic carbocycles. The second kappa shape index (κ2) is 8.96. The SMILES string of the molecule is CC(=O)O[C@H]1O[C@H]2O[C@H]3OC(=O)/C(=C\CC4(OC(C)=O)CCCC(C)(C)C4)[C@H]3[C@H]2[C@@H]1OC(C)=O. The third kappa shape index (κ3) is 4.84. The predicted octanol–water partition coefficient (Wildman–Crippen LogP) is 2.53. The van der Waals surface area contributed by atoms with Crippen molar-refractivity contribution in [3.63, 3.8) is 0 Å². The maximum absolute atomic E-state index is 12.8. The summed E-state index contributed by atoms with van der Waals surface area (Å²) in [6.07, 6.45) is 1.49. The largest absolute Gasteiger partial charge is 0.459 e. The zero-order valence-corrected chi connectivity index (χ0v) is 20.2. The maximum Gasteiger partial charge on any atom is 0.336 e. The van der Waals surface area contributed by atoms with E-state index in [1.165, 1.54) is 20.8 Å². The van der Waals surface area contributed by atoms with Crippen LogP contribution in [-0.4, -0.2) is 54.5 Å². The normalized spacial score (nSPS) is 39.2. The molecular weight excluding hydrogens is 448 g/mol. The van der Waals surface area contributed by atoms with Crippen LogP contribution in [0.3, 0.4) is 0 Å². The van der Waals surface area contributed by atoms with Gasteiger partial charge in [0.1, 0.15) is 5.60 Å². The summed E-state index contributed by atoms with van der Waals surface area (Å²) in [5.41, 5.74) is -0.375. The molecule has 3 aliphatic heterocycles. The summed E-state index contributed by atoms with van der Waals surface area (Å²) in [5.74, 6) is -3.29. The monoisotopic (exact) mass is 480 g/mol. The Kier molecular flexibility index (Phi) is 6.50. The predicted molar refractivity (Wildman–Crippen MR) is 113 cm³/mol. The van der Waals surface area contributed by atoms with Gasteiger partial charge in [-0.2, -0.15) is 0 Å². The van der Waals surface area contributed by atoms with Crippen molar-refractivity contribution in [2.75, 3.05) is 0 Å². The van der Waals surface area contributed by atoms with Gasteiger partial charge in [-0.25, -0.2) is 4.79 Å². The van der Waals surface area contributed by atoms with Crippen LogP contribution in [0.1, 0.15) is 66.7 Å². The first-order valence-corrected chi connectivity index (χ1v) is 11.7. The van der Waals surface area contributed by atoms with Gasteiger partial charge < -0.3 is 28.4 Å². The van der Waals surface area contributed by atoms with E-state index in [9.17, 15) is 19.2 Å². The molecule has 0 bridgehead atoms. The third-order valence-electron chi connectivity index (χ3n) is 6.95. The van der Waals surface area contributed by atoms with Crippen LogP contribution in [0.4, 0.5) is 0 Å². The van der Waals surface area contributed by atoms with Crippen molar-refractivity contribution in [1.29, 1.82) is 0 Å². The molecule has 4 fully saturated rings. The van der Waals surface area contributed by atoms with Gasteiger partial charge in [0.2, 0.25) is 12.6 Å². The number of fused-ring (bicyclic) bond motifs is 3. The van der Waals surface area contributed by atoms with E-state index in [0.29, 0.717) is 24.8 Å². The van der Waals surface area contributed by atoms with Crippen molar-refractivity contribution < 1.29 is 47.6 Å². The van der Waals surface area contributed by atoms with Gasteiger partial charge in [-0.05, 0) is 31.1 Å². The molecule has 10 heteroatoms. The van der Waals surface area contributed by atoms with E-state index >= 15 is 0 Å². The van der Waals surface area contributed by atoms with Crippen LogP contribution in [0.2, 0.25) is 0 Å². The molecule has 34 heavy (non-hydrogen) atoms. The average Bonchev–Trinajstić information content (AvgIpc) is 3.26. The van der Waals surface area contributed by atoms with E-state index in [-0.39, 0.29) is 11.4 Å². The van der Waals surface area contributed by atoms with Crippen LogP contribution in [0.5, 0.6) is 0 Å². The molecule has 3 heterocycles. The molecule has 188 valence electrons. The van der Waals surface area contributed by atoms with Crippen molar-refractivity contribution in [2.24, 2.45) is 17.3 Å². The van der Waals surface area contributed by atoms with Crippen molar-refractivity contribution in [1.82, 2.24) is 0 Å². The van der Waals surface area contributed by atoms with Gasteiger partial charge >= 0.3 is 23.9 Å². The second-order valence-corrected chi connectivity index (χ2v) is 10.4. The summed E-state index contributed by atoms with van der Waals surface area (Å²) in [5, 5.41) is 0. The van der Waals surface area contributed by atoms with Gasteiger partial charge in [0, 0.05) is 32.8 Å². The lowest BCUT2D eigenvalue weighted by Crippen LogP contribution is -2.42.